The van der Waals surface area contributed by atoms with Crippen molar-refractivity contribution in [2.75, 3.05) is 13.2 Å². The summed E-state index contributed by atoms with van der Waals surface area (Å²) in [6.45, 7) is 1.17. The van der Waals surface area contributed by atoms with E-state index in [1.165, 1.54) is 25.1 Å². The fourth-order valence-electron chi connectivity index (χ4n) is 5.09. The second-order valence-corrected chi connectivity index (χ2v) is 9.51. The summed E-state index contributed by atoms with van der Waals surface area (Å²) in [6.07, 6.45) is 5.54. The number of aliphatic imine (C=N–C) groups is 1. The van der Waals surface area contributed by atoms with Gasteiger partial charge in [0.2, 0.25) is 0 Å². The van der Waals surface area contributed by atoms with E-state index in [0.717, 1.165) is 37.8 Å². The first-order chi connectivity index (χ1) is 15.3. The first kappa shape index (κ1) is 23.2. The van der Waals surface area contributed by atoms with Gasteiger partial charge in [0.15, 0.2) is 5.75 Å². The van der Waals surface area contributed by atoms with Crippen LogP contribution in [-0.4, -0.2) is 36.3 Å². The van der Waals surface area contributed by atoms with Crippen molar-refractivity contribution < 1.29 is 22.6 Å². The van der Waals surface area contributed by atoms with Gasteiger partial charge in [0.05, 0.1) is 10.1 Å². The van der Waals surface area contributed by atoms with Crippen molar-refractivity contribution in [3.05, 3.63) is 58.3 Å². The highest BCUT2D eigenvalue weighted by Gasteiger charge is 2.48. The maximum Gasteiger partial charge on any atom is 0.573 e. The molecule has 32 heavy (non-hydrogen) atoms. The Hall–Kier alpha value is -1.93. The van der Waals surface area contributed by atoms with Gasteiger partial charge >= 0.3 is 6.36 Å². The first-order valence-electron chi connectivity index (χ1n) is 10.9. The third-order valence-electron chi connectivity index (χ3n) is 6.54. The summed E-state index contributed by atoms with van der Waals surface area (Å²) < 4.78 is 49.1. The van der Waals surface area contributed by atoms with E-state index in [1.807, 2.05) is 18.3 Å². The van der Waals surface area contributed by atoms with Gasteiger partial charge in [-0.05, 0) is 72.3 Å². The van der Waals surface area contributed by atoms with Gasteiger partial charge < -0.3 is 9.47 Å². The average Bonchev–Trinajstić information content (AvgIpc) is 3.20. The third-order valence-corrected chi connectivity index (χ3v) is 7.16. The molecule has 4 nitrogen and oxygen atoms in total. The normalized spacial score (nSPS) is 23.1. The topological polar surface area (TPSA) is 43.7 Å². The Labute approximate surface area is 194 Å². The number of hydrogen-bond donors (Lipinski definition) is 0. The fourth-order valence-corrected chi connectivity index (χ4v) is 5.55. The Morgan fingerprint density at radius 1 is 1.12 bits per heavy atom. The third kappa shape index (κ3) is 5.34. The molecule has 172 valence electrons. The molecule has 0 amide bonds. The largest absolute Gasteiger partial charge is 0.573 e. The van der Waals surface area contributed by atoms with Crippen LogP contribution in [0.15, 0.2) is 52.1 Å². The molecule has 4 rings (SSSR count). The van der Waals surface area contributed by atoms with Crippen LogP contribution in [0, 0.1) is 0 Å². The zero-order valence-corrected chi connectivity index (χ0v) is 19.3. The lowest BCUT2D eigenvalue weighted by atomic mass is 9.68. The van der Waals surface area contributed by atoms with Gasteiger partial charge in [-0.25, -0.2) is 0 Å². The van der Waals surface area contributed by atoms with E-state index in [1.54, 1.807) is 12.1 Å². The minimum absolute atomic E-state index is 0.0858. The monoisotopic (exact) mass is 510 g/mol. The zero-order valence-electron chi connectivity index (χ0n) is 17.7. The van der Waals surface area contributed by atoms with Gasteiger partial charge in [-0.1, -0.05) is 25.0 Å². The summed E-state index contributed by atoms with van der Waals surface area (Å²) in [4.78, 5) is 9.16. The number of nitrogens with zero attached hydrogens (tertiary/aromatic N) is 2. The molecule has 2 fully saturated rings. The highest BCUT2D eigenvalue weighted by molar-refractivity contribution is 9.10. The van der Waals surface area contributed by atoms with Crippen LogP contribution in [0.5, 0.6) is 5.75 Å². The van der Waals surface area contributed by atoms with E-state index in [-0.39, 0.29) is 26.8 Å². The average molecular weight is 511 g/mol. The Bertz CT molecular complexity index is 946. The number of halogens is 4. The van der Waals surface area contributed by atoms with Crippen LogP contribution >= 0.6 is 15.9 Å². The molecular weight excluding hydrogens is 485 g/mol. The SMILES string of the molecule is FC(F)(F)Oc1c(Br)cccc1C=NCCC1(c2ccccn2)CCOC2(CCCC2)C1. The van der Waals surface area contributed by atoms with Crippen LogP contribution in [-0.2, 0) is 10.2 Å². The second-order valence-electron chi connectivity index (χ2n) is 8.65. The van der Waals surface area contributed by atoms with Gasteiger partial charge in [0.1, 0.15) is 0 Å². The molecule has 1 aromatic carbocycles. The molecule has 1 spiro atoms. The van der Waals surface area contributed by atoms with Gasteiger partial charge in [0, 0.05) is 42.2 Å². The van der Waals surface area contributed by atoms with Crippen molar-refractivity contribution in [2.24, 2.45) is 4.99 Å². The summed E-state index contributed by atoms with van der Waals surface area (Å²) in [7, 11) is 0. The van der Waals surface area contributed by atoms with Crippen molar-refractivity contribution in [2.45, 2.75) is 62.3 Å². The van der Waals surface area contributed by atoms with Crippen molar-refractivity contribution in [3.63, 3.8) is 0 Å². The number of rotatable bonds is 6. The molecule has 1 aromatic heterocycles. The smallest absolute Gasteiger partial charge is 0.404 e. The van der Waals surface area contributed by atoms with E-state index in [9.17, 15) is 13.2 Å². The Morgan fingerprint density at radius 2 is 1.94 bits per heavy atom. The molecule has 1 saturated carbocycles. The van der Waals surface area contributed by atoms with E-state index in [2.05, 4.69) is 36.7 Å². The first-order valence-corrected chi connectivity index (χ1v) is 11.7. The van der Waals surface area contributed by atoms with Gasteiger partial charge in [-0.3, -0.25) is 9.98 Å². The van der Waals surface area contributed by atoms with Gasteiger partial charge in [-0.2, -0.15) is 0 Å². The molecule has 0 radical (unpaired) electrons. The number of benzene rings is 1. The molecule has 2 heterocycles. The van der Waals surface area contributed by atoms with E-state index < -0.39 is 6.36 Å². The molecule has 0 N–H and O–H groups in total. The molecule has 1 atom stereocenters. The molecule has 2 aliphatic rings. The fraction of sp³-hybridized carbons (Fsp3) is 0.500. The minimum atomic E-state index is -4.77. The summed E-state index contributed by atoms with van der Waals surface area (Å²) >= 11 is 3.14. The van der Waals surface area contributed by atoms with E-state index in [0.29, 0.717) is 13.2 Å². The Balaban J connectivity index is 1.53. The van der Waals surface area contributed by atoms with Crippen LogP contribution in [0.4, 0.5) is 13.2 Å². The molecule has 1 aliphatic heterocycles. The summed E-state index contributed by atoms with van der Waals surface area (Å²) in [5, 5.41) is 0. The minimum Gasteiger partial charge on any atom is -0.404 e. The van der Waals surface area contributed by atoms with Gasteiger partial charge in [0.25, 0.3) is 0 Å². The van der Waals surface area contributed by atoms with Crippen LogP contribution in [0.3, 0.4) is 0 Å². The number of pyridine rings is 1. The van der Waals surface area contributed by atoms with Crippen molar-refractivity contribution in [1.29, 1.82) is 0 Å². The predicted octanol–water partition coefficient (Wildman–Crippen LogP) is 6.61. The molecule has 8 heteroatoms. The highest BCUT2D eigenvalue weighted by atomic mass is 79.9. The summed E-state index contributed by atoms with van der Waals surface area (Å²) in [6, 6.07) is 10.7. The number of aromatic nitrogens is 1. The maximum atomic E-state index is 12.8. The number of alkyl halides is 3. The number of hydrogen-bond acceptors (Lipinski definition) is 4. The summed E-state index contributed by atoms with van der Waals surface area (Å²) in [5.41, 5.74) is 1.09. The lowest BCUT2D eigenvalue weighted by Crippen LogP contribution is -2.46. The number of para-hydroxylation sites is 1. The lowest BCUT2D eigenvalue weighted by molar-refractivity contribution is -0.274. The lowest BCUT2D eigenvalue weighted by Gasteiger charge is -2.46. The molecule has 0 bridgehead atoms. The van der Waals surface area contributed by atoms with E-state index in [4.69, 9.17) is 4.74 Å². The second kappa shape index (κ2) is 9.51. The maximum absolute atomic E-state index is 12.8. The number of ether oxygens (including phenoxy) is 2. The molecular formula is C24H26BrF3N2O2. The standard InChI is InChI=1S/C24H26BrF3N2O2/c25-19-7-5-6-18(21(19)32-24(26,27)28)16-29-14-11-22(20-8-1-4-13-30-20)12-15-31-23(17-22)9-2-3-10-23/h1,4-8,13,16H,2-3,9-12,14-15,17H2. The molecule has 1 unspecified atom stereocenters. The Morgan fingerprint density at radius 3 is 2.66 bits per heavy atom. The highest BCUT2D eigenvalue weighted by Crippen LogP contribution is 2.49. The Kier molecular flexibility index (Phi) is 6.91. The molecule has 1 saturated heterocycles. The van der Waals surface area contributed by atoms with Crippen molar-refractivity contribution in [3.8, 4) is 5.75 Å². The van der Waals surface area contributed by atoms with Crippen LogP contribution in [0.1, 0.15) is 56.2 Å². The van der Waals surface area contributed by atoms with Crippen molar-refractivity contribution >= 4 is 22.1 Å². The van der Waals surface area contributed by atoms with Crippen LogP contribution < -0.4 is 4.74 Å². The van der Waals surface area contributed by atoms with E-state index >= 15 is 0 Å². The molecule has 2 aromatic rings. The van der Waals surface area contributed by atoms with Gasteiger partial charge in [-0.15, -0.1) is 13.2 Å². The quantitative estimate of drug-likeness (QED) is 0.410. The van der Waals surface area contributed by atoms with Crippen LogP contribution in [0.25, 0.3) is 0 Å². The molecule has 1 aliphatic carbocycles. The predicted molar refractivity (Wildman–Crippen MR) is 120 cm³/mol. The van der Waals surface area contributed by atoms with Crippen LogP contribution in [0.2, 0.25) is 0 Å². The summed E-state index contributed by atoms with van der Waals surface area (Å²) in [5.74, 6) is -0.279. The van der Waals surface area contributed by atoms with Crippen molar-refractivity contribution in [1.82, 2.24) is 4.98 Å². The zero-order chi connectivity index (χ0) is 22.7.